The van der Waals surface area contributed by atoms with E-state index in [-0.39, 0.29) is 24.7 Å². The molecule has 0 aromatic carbocycles. The van der Waals surface area contributed by atoms with Crippen LogP contribution in [0.4, 0.5) is 4.79 Å². The van der Waals surface area contributed by atoms with E-state index < -0.39 is 5.60 Å². The number of amides is 2. The van der Waals surface area contributed by atoms with E-state index >= 15 is 0 Å². The van der Waals surface area contributed by atoms with Gasteiger partial charge >= 0.3 is 6.09 Å². The molecular weight excluding hydrogens is 272 g/mol. The Kier molecular flexibility index (Phi) is 5.08. The Morgan fingerprint density at radius 1 is 1.14 bits per heavy atom. The van der Waals surface area contributed by atoms with Crippen LogP contribution in [-0.4, -0.2) is 54.3 Å². The van der Waals surface area contributed by atoms with Gasteiger partial charge in [0, 0.05) is 19.1 Å². The molecule has 2 amide bonds. The zero-order valence-electron chi connectivity index (χ0n) is 13.2. The van der Waals surface area contributed by atoms with Crippen LogP contribution in [-0.2, 0) is 14.3 Å². The van der Waals surface area contributed by atoms with Crippen LogP contribution in [0.15, 0.2) is 0 Å². The number of carbonyl (C=O) groups is 2. The number of hydrogen-bond acceptors (Lipinski definition) is 4. The number of rotatable bonds is 4. The largest absolute Gasteiger partial charge is 0.444 e. The molecule has 1 aliphatic heterocycles. The Balaban J connectivity index is 1.63. The number of piperidine rings is 1. The lowest BCUT2D eigenvalue weighted by molar-refractivity contribution is -0.128. The van der Waals surface area contributed by atoms with Gasteiger partial charge in [0.25, 0.3) is 0 Å². The van der Waals surface area contributed by atoms with Crippen molar-refractivity contribution in [2.45, 2.75) is 64.2 Å². The summed E-state index contributed by atoms with van der Waals surface area (Å²) >= 11 is 0. The number of hydrogen-bond donors (Lipinski definition) is 1. The molecule has 0 aromatic heterocycles. The number of nitrogens with one attached hydrogen (secondary N) is 1. The zero-order chi connectivity index (χ0) is 15.5. The Morgan fingerprint density at radius 3 is 2.29 bits per heavy atom. The van der Waals surface area contributed by atoms with Gasteiger partial charge in [0.05, 0.1) is 6.10 Å². The van der Waals surface area contributed by atoms with E-state index in [0.29, 0.717) is 19.1 Å². The molecule has 1 saturated carbocycles. The number of nitrogens with zero attached hydrogens (tertiary/aromatic N) is 1. The zero-order valence-corrected chi connectivity index (χ0v) is 13.2. The van der Waals surface area contributed by atoms with E-state index in [1.807, 2.05) is 20.8 Å². The highest BCUT2D eigenvalue weighted by Crippen LogP contribution is 2.19. The summed E-state index contributed by atoms with van der Waals surface area (Å²) in [7, 11) is 0. The van der Waals surface area contributed by atoms with Gasteiger partial charge in [-0.2, -0.15) is 0 Å². The average molecular weight is 298 g/mol. The molecule has 1 saturated heterocycles. The van der Waals surface area contributed by atoms with Crippen molar-refractivity contribution in [3.63, 3.8) is 0 Å². The Hall–Kier alpha value is -1.30. The first-order chi connectivity index (χ1) is 9.83. The van der Waals surface area contributed by atoms with E-state index in [4.69, 9.17) is 9.47 Å². The third-order valence-corrected chi connectivity index (χ3v) is 3.49. The molecule has 0 unspecified atom stereocenters. The molecule has 0 atom stereocenters. The lowest BCUT2D eigenvalue weighted by atomic mass is 10.1. The fourth-order valence-electron chi connectivity index (χ4n) is 2.22. The first kappa shape index (κ1) is 16.1. The highest BCUT2D eigenvalue weighted by Gasteiger charge is 2.28. The fraction of sp³-hybridized carbons (Fsp3) is 0.867. The van der Waals surface area contributed by atoms with Crippen molar-refractivity contribution in [1.29, 1.82) is 0 Å². The van der Waals surface area contributed by atoms with Crippen LogP contribution < -0.4 is 5.32 Å². The molecule has 6 nitrogen and oxygen atoms in total. The maximum Gasteiger partial charge on any atom is 0.410 e. The Bertz CT molecular complexity index is 380. The van der Waals surface area contributed by atoms with Crippen LogP contribution in [0.25, 0.3) is 0 Å². The number of carbonyl (C=O) groups excluding carboxylic acids is 2. The van der Waals surface area contributed by atoms with E-state index in [1.165, 1.54) is 0 Å². The second-order valence-electron chi connectivity index (χ2n) is 6.82. The quantitative estimate of drug-likeness (QED) is 0.857. The fourth-order valence-corrected chi connectivity index (χ4v) is 2.22. The van der Waals surface area contributed by atoms with Gasteiger partial charge < -0.3 is 19.7 Å². The molecule has 1 aliphatic carbocycles. The molecule has 0 bridgehead atoms. The summed E-state index contributed by atoms with van der Waals surface area (Å²) < 4.78 is 11.0. The van der Waals surface area contributed by atoms with Crippen molar-refractivity contribution in [2.75, 3.05) is 19.7 Å². The summed E-state index contributed by atoms with van der Waals surface area (Å²) in [6.45, 7) is 6.93. The first-order valence-electron chi connectivity index (χ1n) is 7.72. The first-order valence-corrected chi connectivity index (χ1v) is 7.72. The molecule has 1 heterocycles. The molecular formula is C15H26N2O4. The van der Waals surface area contributed by atoms with E-state index in [2.05, 4.69) is 5.32 Å². The van der Waals surface area contributed by atoms with E-state index in [0.717, 1.165) is 25.7 Å². The van der Waals surface area contributed by atoms with Crippen LogP contribution in [0.2, 0.25) is 0 Å². The van der Waals surface area contributed by atoms with Gasteiger partial charge in [-0.05, 0) is 46.5 Å². The molecule has 2 aliphatic rings. The molecule has 1 N–H and O–H groups in total. The maximum absolute atomic E-state index is 11.9. The summed E-state index contributed by atoms with van der Waals surface area (Å²) in [4.78, 5) is 25.2. The summed E-state index contributed by atoms with van der Waals surface area (Å²) in [6.07, 6.45) is 3.44. The monoisotopic (exact) mass is 298 g/mol. The van der Waals surface area contributed by atoms with Crippen LogP contribution >= 0.6 is 0 Å². The van der Waals surface area contributed by atoms with Gasteiger partial charge in [0.2, 0.25) is 5.91 Å². The minimum atomic E-state index is -0.467. The second kappa shape index (κ2) is 6.64. The van der Waals surface area contributed by atoms with Gasteiger partial charge in [-0.15, -0.1) is 0 Å². The summed E-state index contributed by atoms with van der Waals surface area (Å²) in [5.74, 6) is -0.0351. The van der Waals surface area contributed by atoms with Gasteiger partial charge in [0.15, 0.2) is 0 Å². The van der Waals surface area contributed by atoms with Crippen molar-refractivity contribution in [3.8, 4) is 0 Å². The third kappa shape index (κ3) is 5.91. The van der Waals surface area contributed by atoms with Crippen molar-refractivity contribution < 1.29 is 19.1 Å². The van der Waals surface area contributed by atoms with Gasteiger partial charge in [-0.1, -0.05) is 0 Å². The maximum atomic E-state index is 11.9. The van der Waals surface area contributed by atoms with E-state index in [1.54, 1.807) is 4.90 Å². The lowest BCUT2D eigenvalue weighted by Gasteiger charge is -2.33. The summed E-state index contributed by atoms with van der Waals surface area (Å²) in [5.41, 5.74) is -0.467. The molecule has 0 radical (unpaired) electrons. The van der Waals surface area contributed by atoms with E-state index in [9.17, 15) is 9.59 Å². The highest BCUT2D eigenvalue weighted by molar-refractivity contribution is 5.77. The molecule has 0 aromatic rings. The van der Waals surface area contributed by atoms with Gasteiger partial charge in [0.1, 0.15) is 12.2 Å². The minimum Gasteiger partial charge on any atom is -0.444 e. The molecule has 120 valence electrons. The smallest absolute Gasteiger partial charge is 0.410 e. The SMILES string of the molecule is CC(C)(C)OC(=O)N1CCC(OCC(=O)NC2CC2)CC1. The molecule has 2 fully saturated rings. The second-order valence-corrected chi connectivity index (χ2v) is 6.82. The van der Waals surface area contributed by atoms with Crippen LogP contribution in [0.3, 0.4) is 0 Å². The summed E-state index contributed by atoms with van der Waals surface area (Å²) in [6, 6.07) is 0.370. The topological polar surface area (TPSA) is 67.9 Å². The third-order valence-electron chi connectivity index (χ3n) is 3.49. The lowest BCUT2D eigenvalue weighted by Crippen LogP contribution is -2.44. The van der Waals surface area contributed by atoms with Crippen LogP contribution in [0.1, 0.15) is 46.5 Å². The van der Waals surface area contributed by atoms with Crippen LogP contribution in [0, 0.1) is 0 Å². The minimum absolute atomic E-state index is 0.0351. The van der Waals surface area contributed by atoms with Crippen molar-refractivity contribution in [3.05, 3.63) is 0 Å². The van der Waals surface area contributed by atoms with Crippen molar-refractivity contribution in [1.82, 2.24) is 10.2 Å². The van der Waals surface area contributed by atoms with Crippen molar-refractivity contribution in [2.24, 2.45) is 0 Å². The molecule has 0 spiro atoms. The average Bonchev–Trinajstić information content (AvgIpc) is 3.19. The number of likely N-dealkylation sites (tertiary alicyclic amines) is 1. The standard InChI is InChI=1S/C15H26N2O4/c1-15(2,3)21-14(19)17-8-6-12(7-9-17)20-10-13(18)16-11-4-5-11/h11-12H,4-10H2,1-3H3,(H,16,18). The molecule has 6 heteroatoms. The van der Waals surface area contributed by atoms with Crippen LogP contribution in [0.5, 0.6) is 0 Å². The van der Waals surface area contributed by atoms with Gasteiger partial charge in [-0.3, -0.25) is 4.79 Å². The Morgan fingerprint density at radius 2 is 1.76 bits per heavy atom. The molecule has 2 rings (SSSR count). The normalized spacial score (nSPS) is 20.2. The predicted molar refractivity (Wildman–Crippen MR) is 77.9 cm³/mol. The van der Waals surface area contributed by atoms with Crippen molar-refractivity contribution >= 4 is 12.0 Å². The highest BCUT2D eigenvalue weighted by atomic mass is 16.6. The van der Waals surface area contributed by atoms with Gasteiger partial charge in [-0.25, -0.2) is 4.79 Å². The summed E-state index contributed by atoms with van der Waals surface area (Å²) in [5, 5.41) is 2.90. The number of ether oxygens (including phenoxy) is 2. The predicted octanol–water partition coefficient (Wildman–Crippen LogP) is 1.68. The molecule has 21 heavy (non-hydrogen) atoms. The Labute approximate surface area is 126 Å².